The molecule has 3 aromatic carbocycles. The largest absolute Gasteiger partial charge is 0.491 e. The van der Waals surface area contributed by atoms with Crippen LogP contribution in [0.15, 0.2) is 54.6 Å². The minimum absolute atomic E-state index is 0.0203. The average molecular weight is 567 g/mol. The topological polar surface area (TPSA) is 131 Å². The number of primary amides is 1. The fourth-order valence-electron chi connectivity index (χ4n) is 4.25. The van der Waals surface area contributed by atoms with Crippen molar-refractivity contribution in [1.29, 1.82) is 0 Å². The average Bonchev–Trinajstić information content (AvgIpc) is 3.28. The van der Waals surface area contributed by atoms with Crippen molar-refractivity contribution in [3.8, 4) is 22.6 Å². The number of benzene rings is 3. The number of nitrogens with two attached hydrogens (primary N) is 2. The summed E-state index contributed by atoms with van der Waals surface area (Å²) in [6.45, 7) is -1.21. The number of ether oxygens (including phenoxy) is 3. The van der Waals surface area contributed by atoms with Gasteiger partial charge in [0.2, 0.25) is 5.91 Å². The molecule has 0 spiro atoms. The predicted octanol–water partition coefficient (Wildman–Crippen LogP) is 4.05. The van der Waals surface area contributed by atoms with E-state index in [0.29, 0.717) is 11.3 Å². The minimum atomic E-state index is -5.41. The van der Waals surface area contributed by atoms with Crippen molar-refractivity contribution < 1.29 is 46.2 Å². The summed E-state index contributed by atoms with van der Waals surface area (Å²) in [5.41, 5.74) is 11.1. The maximum atomic E-state index is 15.9. The molecule has 204 valence electrons. The third-order valence-corrected chi connectivity index (χ3v) is 6.34. The van der Waals surface area contributed by atoms with Crippen LogP contribution in [0.25, 0.3) is 11.1 Å². The second-order valence-corrected chi connectivity index (χ2v) is 8.86. The Bertz CT molecular complexity index is 1470. The molecule has 1 aliphatic heterocycles. The molecule has 1 atom stereocenters. The molecule has 1 heterocycles. The zero-order chi connectivity index (χ0) is 28.5. The molecular formula is C26H19ClF4N2O6. The van der Waals surface area contributed by atoms with Crippen LogP contribution in [0.2, 0.25) is 5.02 Å². The smallest absolute Gasteiger partial charge is 0.481 e. The van der Waals surface area contributed by atoms with E-state index in [4.69, 9.17) is 32.5 Å². The molecule has 0 aromatic heterocycles. The van der Waals surface area contributed by atoms with E-state index in [1.807, 2.05) is 18.2 Å². The molecule has 0 saturated carbocycles. The SMILES string of the molecule is NC[C@@]1(c2ccccc2)Cc2c(ccc(Cl)c2-c2c(C(N)=O)ccc(OCC(=O)OC(=O)C(F)(F)F)c2F)O1. The minimum Gasteiger partial charge on any atom is -0.481 e. The highest BCUT2D eigenvalue weighted by Crippen LogP contribution is 2.49. The van der Waals surface area contributed by atoms with Crippen LogP contribution in [0.3, 0.4) is 0 Å². The van der Waals surface area contributed by atoms with Gasteiger partial charge < -0.3 is 25.7 Å². The van der Waals surface area contributed by atoms with E-state index < -0.39 is 47.8 Å². The number of alkyl halides is 3. The van der Waals surface area contributed by atoms with Gasteiger partial charge in [0.15, 0.2) is 23.8 Å². The number of halogens is 5. The molecule has 0 aliphatic carbocycles. The maximum Gasteiger partial charge on any atom is 0.491 e. The van der Waals surface area contributed by atoms with Crippen molar-refractivity contribution in [2.24, 2.45) is 11.5 Å². The summed E-state index contributed by atoms with van der Waals surface area (Å²) in [6.07, 6.45) is -5.28. The van der Waals surface area contributed by atoms with Crippen molar-refractivity contribution >= 4 is 29.4 Å². The summed E-state index contributed by atoms with van der Waals surface area (Å²) in [6, 6.07) is 14.1. The summed E-state index contributed by atoms with van der Waals surface area (Å²) >= 11 is 6.49. The van der Waals surface area contributed by atoms with E-state index in [1.165, 1.54) is 6.07 Å². The molecular weight excluding hydrogens is 548 g/mol. The molecule has 8 nitrogen and oxygen atoms in total. The Morgan fingerprint density at radius 2 is 1.72 bits per heavy atom. The molecule has 39 heavy (non-hydrogen) atoms. The Balaban J connectivity index is 1.75. The Morgan fingerprint density at radius 1 is 1.03 bits per heavy atom. The van der Waals surface area contributed by atoms with Gasteiger partial charge in [0, 0.05) is 34.7 Å². The van der Waals surface area contributed by atoms with Gasteiger partial charge >= 0.3 is 18.1 Å². The van der Waals surface area contributed by atoms with Crippen molar-refractivity contribution in [3.63, 3.8) is 0 Å². The molecule has 3 aromatic rings. The van der Waals surface area contributed by atoms with E-state index in [9.17, 15) is 27.6 Å². The zero-order valence-corrected chi connectivity index (χ0v) is 20.6. The van der Waals surface area contributed by atoms with E-state index in [0.717, 1.165) is 17.7 Å². The molecule has 4 N–H and O–H groups in total. The van der Waals surface area contributed by atoms with Crippen LogP contribution < -0.4 is 20.9 Å². The van der Waals surface area contributed by atoms with E-state index in [2.05, 4.69) is 4.74 Å². The number of hydrogen-bond donors (Lipinski definition) is 2. The number of carbonyl (C=O) groups excluding carboxylic acids is 3. The van der Waals surface area contributed by atoms with Gasteiger partial charge in [-0.05, 0) is 29.8 Å². The first-order chi connectivity index (χ1) is 18.4. The molecule has 0 saturated heterocycles. The third-order valence-electron chi connectivity index (χ3n) is 6.02. The molecule has 1 amide bonds. The van der Waals surface area contributed by atoms with Crippen LogP contribution in [0, 0.1) is 5.82 Å². The monoisotopic (exact) mass is 566 g/mol. The van der Waals surface area contributed by atoms with Gasteiger partial charge in [-0.25, -0.2) is 14.0 Å². The second kappa shape index (κ2) is 10.5. The predicted molar refractivity (Wildman–Crippen MR) is 130 cm³/mol. The Morgan fingerprint density at radius 3 is 2.33 bits per heavy atom. The summed E-state index contributed by atoms with van der Waals surface area (Å²) in [7, 11) is 0. The van der Waals surface area contributed by atoms with Gasteiger partial charge in [0.05, 0.1) is 5.56 Å². The number of carbonyl (C=O) groups is 3. The number of esters is 2. The molecule has 0 fully saturated rings. The van der Waals surface area contributed by atoms with Crippen molar-refractivity contribution in [3.05, 3.63) is 82.1 Å². The molecule has 13 heteroatoms. The van der Waals surface area contributed by atoms with Crippen LogP contribution >= 0.6 is 11.6 Å². The van der Waals surface area contributed by atoms with Crippen LogP contribution in [-0.4, -0.2) is 37.2 Å². The standard InChI is InChI=1S/C26H19ClF4N2O6/c27-16-7-9-17-15(10-25(12-32,39-17)13-4-2-1-3-5-13)20(16)21-14(23(33)35)6-8-18(22(21)28)37-11-19(34)38-24(36)26(29,30)31/h1-9H,10-12,32H2,(H2,33,35)/t25-/m1/s1. The summed E-state index contributed by atoms with van der Waals surface area (Å²) in [5.74, 6) is -7.02. The second-order valence-electron chi connectivity index (χ2n) is 8.45. The fourth-order valence-corrected chi connectivity index (χ4v) is 4.53. The van der Waals surface area contributed by atoms with Crippen LogP contribution in [0.1, 0.15) is 21.5 Å². The van der Waals surface area contributed by atoms with Gasteiger partial charge in [-0.3, -0.25) is 4.79 Å². The third kappa shape index (κ3) is 5.38. The van der Waals surface area contributed by atoms with Gasteiger partial charge in [-0.2, -0.15) is 13.2 Å². The normalized spacial score (nSPS) is 16.3. The molecule has 4 rings (SSSR count). The lowest BCUT2D eigenvalue weighted by atomic mass is 9.85. The summed E-state index contributed by atoms with van der Waals surface area (Å²) < 4.78 is 67.7. The van der Waals surface area contributed by atoms with Crippen molar-refractivity contribution in [1.82, 2.24) is 0 Å². The highest BCUT2D eigenvalue weighted by atomic mass is 35.5. The summed E-state index contributed by atoms with van der Waals surface area (Å²) in [5, 5.41) is 0.0203. The van der Waals surface area contributed by atoms with Gasteiger partial charge in [0.25, 0.3) is 0 Å². The van der Waals surface area contributed by atoms with Crippen LogP contribution in [0.4, 0.5) is 17.6 Å². The quantitative estimate of drug-likeness (QED) is 0.251. The lowest BCUT2D eigenvalue weighted by Gasteiger charge is -2.27. The zero-order valence-electron chi connectivity index (χ0n) is 19.8. The Labute approximate surface area is 223 Å². The van der Waals surface area contributed by atoms with E-state index in [-0.39, 0.29) is 34.7 Å². The fraction of sp³-hybridized carbons (Fsp3) is 0.192. The number of hydrogen-bond acceptors (Lipinski definition) is 7. The lowest BCUT2D eigenvalue weighted by molar-refractivity contribution is -0.202. The molecule has 0 radical (unpaired) electrons. The number of fused-ring (bicyclic) bond motifs is 1. The summed E-state index contributed by atoms with van der Waals surface area (Å²) in [4.78, 5) is 34.8. The Hall–Kier alpha value is -4.16. The van der Waals surface area contributed by atoms with Gasteiger partial charge in [-0.15, -0.1) is 0 Å². The lowest BCUT2D eigenvalue weighted by Crippen LogP contribution is -2.39. The van der Waals surface area contributed by atoms with E-state index in [1.54, 1.807) is 18.2 Å². The van der Waals surface area contributed by atoms with Crippen molar-refractivity contribution in [2.75, 3.05) is 13.2 Å². The maximum absolute atomic E-state index is 15.9. The highest BCUT2D eigenvalue weighted by molar-refractivity contribution is 6.34. The van der Waals surface area contributed by atoms with Crippen molar-refractivity contribution in [2.45, 2.75) is 18.2 Å². The first-order valence-corrected chi connectivity index (χ1v) is 11.6. The first kappa shape index (κ1) is 27.9. The van der Waals surface area contributed by atoms with Crippen LogP contribution in [-0.2, 0) is 26.3 Å². The molecule has 0 bridgehead atoms. The van der Waals surface area contributed by atoms with Gasteiger partial charge in [-0.1, -0.05) is 41.9 Å². The first-order valence-electron chi connectivity index (χ1n) is 11.2. The molecule has 0 unspecified atom stereocenters. The van der Waals surface area contributed by atoms with Crippen LogP contribution in [0.5, 0.6) is 11.5 Å². The van der Waals surface area contributed by atoms with Gasteiger partial charge in [0.1, 0.15) is 5.75 Å². The van der Waals surface area contributed by atoms with E-state index >= 15 is 4.39 Å². The number of amides is 1. The number of rotatable bonds is 7. The highest BCUT2D eigenvalue weighted by Gasteiger charge is 2.43. The molecule has 1 aliphatic rings. The Kier molecular flexibility index (Phi) is 7.53.